The first-order valence-corrected chi connectivity index (χ1v) is 5.12. The second-order valence-corrected chi connectivity index (χ2v) is 2.87. The van der Waals surface area contributed by atoms with Gasteiger partial charge in [0.15, 0.2) is 0 Å². The highest BCUT2D eigenvalue weighted by molar-refractivity contribution is 5.77. The maximum Gasteiger partial charge on any atom is 0.0929 e. The molecule has 80 valence electrons. The molecule has 0 unspecified atom stereocenters. The zero-order valence-electron chi connectivity index (χ0n) is 9.18. The molecule has 3 nitrogen and oxygen atoms in total. The molecule has 0 fully saturated rings. The molecule has 0 bridgehead atoms. The molecular formula is C12H16N2O. The predicted molar refractivity (Wildman–Crippen MR) is 61.7 cm³/mol. The Bertz CT molecular complexity index is 323. The Morgan fingerprint density at radius 2 is 1.80 bits per heavy atom. The van der Waals surface area contributed by atoms with Crippen LogP contribution < -0.4 is 0 Å². The summed E-state index contributed by atoms with van der Waals surface area (Å²) in [4.78, 5) is 0. The van der Waals surface area contributed by atoms with Crippen LogP contribution in [-0.4, -0.2) is 23.4 Å². The second kappa shape index (κ2) is 6.90. The van der Waals surface area contributed by atoms with E-state index in [2.05, 4.69) is 10.2 Å². The summed E-state index contributed by atoms with van der Waals surface area (Å²) >= 11 is 0. The molecule has 1 heterocycles. The van der Waals surface area contributed by atoms with Crippen LogP contribution in [0.3, 0.4) is 0 Å². The van der Waals surface area contributed by atoms with Gasteiger partial charge in [-0.1, -0.05) is 18.2 Å². The van der Waals surface area contributed by atoms with Gasteiger partial charge in [0, 0.05) is 18.6 Å². The highest BCUT2D eigenvalue weighted by Gasteiger charge is 1.87. The predicted octanol–water partition coefficient (Wildman–Crippen LogP) is 2.67. The van der Waals surface area contributed by atoms with Crippen molar-refractivity contribution in [1.82, 2.24) is 10.2 Å². The number of rotatable bonds is 2. The molecule has 0 aliphatic carbocycles. The van der Waals surface area contributed by atoms with Crippen LogP contribution in [0.2, 0.25) is 0 Å². The van der Waals surface area contributed by atoms with E-state index >= 15 is 0 Å². The minimum Gasteiger partial charge on any atom is -0.382 e. The lowest BCUT2D eigenvalue weighted by molar-refractivity contribution is 0.162. The standard InChI is InChI=1S/C8H6N2.C4H10O/c1-2-4-8-7(3-1)5-6-9-10-8;1-3-5-4-2/h1-6H;3-4H2,1-2H3. The Balaban J connectivity index is 0.000000195. The number of nitrogens with zero attached hydrogens (tertiary/aromatic N) is 2. The third kappa shape index (κ3) is 4.04. The van der Waals surface area contributed by atoms with Crippen molar-refractivity contribution in [2.24, 2.45) is 0 Å². The van der Waals surface area contributed by atoms with Crippen LogP contribution in [0.5, 0.6) is 0 Å². The van der Waals surface area contributed by atoms with E-state index in [1.165, 1.54) is 0 Å². The molecule has 3 heteroatoms. The molecule has 0 spiro atoms. The first-order chi connectivity index (χ1) is 7.38. The quantitative estimate of drug-likeness (QED) is 0.754. The van der Waals surface area contributed by atoms with Gasteiger partial charge in [0.05, 0.1) is 11.7 Å². The first kappa shape index (κ1) is 11.6. The number of ether oxygens (including phenoxy) is 1. The second-order valence-electron chi connectivity index (χ2n) is 2.87. The summed E-state index contributed by atoms with van der Waals surface area (Å²) in [6, 6.07) is 9.86. The third-order valence-electron chi connectivity index (χ3n) is 1.83. The number of benzene rings is 1. The highest BCUT2D eigenvalue weighted by Crippen LogP contribution is 2.06. The van der Waals surface area contributed by atoms with Gasteiger partial charge in [-0.05, 0) is 26.0 Å². The summed E-state index contributed by atoms with van der Waals surface area (Å²) < 4.78 is 4.83. The van der Waals surface area contributed by atoms with Gasteiger partial charge >= 0.3 is 0 Å². The van der Waals surface area contributed by atoms with Crippen LogP contribution in [0.1, 0.15) is 13.8 Å². The highest BCUT2D eigenvalue weighted by atomic mass is 16.5. The summed E-state index contributed by atoms with van der Waals surface area (Å²) in [7, 11) is 0. The molecule has 1 aromatic carbocycles. The van der Waals surface area contributed by atoms with E-state index in [-0.39, 0.29) is 0 Å². The van der Waals surface area contributed by atoms with Crippen molar-refractivity contribution < 1.29 is 4.74 Å². The van der Waals surface area contributed by atoms with Gasteiger partial charge in [-0.3, -0.25) is 0 Å². The molecule has 0 aliphatic rings. The van der Waals surface area contributed by atoms with Gasteiger partial charge in [0.1, 0.15) is 0 Å². The number of hydrogen-bond donors (Lipinski definition) is 0. The molecule has 0 radical (unpaired) electrons. The van der Waals surface area contributed by atoms with Crippen molar-refractivity contribution >= 4 is 10.9 Å². The Hall–Kier alpha value is -1.48. The largest absolute Gasteiger partial charge is 0.382 e. The van der Waals surface area contributed by atoms with E-state index in [1.54, 1.807) is 6.20 Å². The van der Waals surface area contributed by atoms with Crippen LogP contribution in [0.4, 0.5) is 0 Å². The van der Waals surface area contributed by atoms with Crippen molar-refractivity contribution in [3.63, 3.8) is 0 Å². The lowest BCUT2D eigenvalue weighted by Crippen LogP contribution is -1.84. The molecule has 0 atom stereocenters. The van der Waals surface area contributed by atoms with Crippen LogP contribution >= 0.6 is 0 Å². The Labute approximate surface area is 90.1 Å². The summed E-state index contributed by atoms with van der Waals surface area (Å²) in [6.07, 6.45) is 1.70. The van der Waals surface area contributed by atoms with Crippen LogP contribution in [0.15, 0.2) is 36.5 Å². The minimum atomic E-state index is 0.844. The SMILES string of the molecule is CCOCC.c1ccc2nnccc2c1. The summed E-state index contributed by atoms with van der Waals surface area (Å²) in [5.41, 5.74) is 0.949. The fourth-order valence-corrected chi connectivity index (χ4v) is 1.13. The van der Waals surface area contributed by atoms with E-state index in [1.807, 2.05) is 44.2 Å². The number of aromatic nitrogens is 2. The molecule has 0 saturated carbocycles. The Morgan fingerprint density at radius 1 is 1.07 bits per heavy atom. The lowest BCUT2D eigenvalue weighted by Gasteiger charge is -1.90. The molecule has 1 aromatic heterocycles. The smallest absolute Gasteiger partial charge is 0.0929 e. The van der Waals surface area contributed by atoms with Crippen molar-refractivity contribution in [3.05, 3.63) is 36.5 Å². The van der Waals surface area contributed by atoms with Crippen molar-refractivity contribution in [1.29, 1.82) is 0 Å². The summed E-state index contributed by atoms with van der Waals surface area (Å²) in [5.74, 6) is 0. The lowest BCUT2D eigenvalue weighted by atomic mass is 10.2. The molecule has 15 heavy (non-hydrogen) atoms. The molecule has 0 N–H and O–H groups in total. The maximum atomic E-state index is 4.83. The van der Waals surface area contributed by atoms with E-state index in [9.17, 15) is 0 Å². The molecule has 2 aromatic rings. The van der Waals surface area contributed by atoms with Crippen LogP contribution in [0.25, 0.3) is 10.9 Å². The first-order valence-electron chi connectivity index (χ1n) is 5.12. The molecular weight excluding hydrogens is 188 g/mol. The van der Waals surface area contributed by atoms with Gasteiger partial charge in [0.25, 0.3) is 0 Å². The van der Waals surface area contributed by atoms with E-state index in [0.29, 0.717) is 0 Å². The zero-order valence-corrected chi connectivity index (χ0v) is 9.18. The normalized spacial score (nSPS) is 9.47. The molecule has 2 rings (SSSR count). The summed E-state index contributed by atoms with van der Waals surface area (Å²) in [5, 5.41) is 8.83. The molecule has 0 amide bonds. The average molecular weight is 204 g/mol. The van der Waals surface area contributed by atoms with Gasteiger partial charge in [0.2, 0.25) is 0 Å². The Morgan fingerprint density at radius 3 is 2.40 bits per heavy atom. The molecule has 0 aliphatic heterocycles. The van der Waals surface area contributed by atoms with E-state index < -0.39 is 0 Å². The van der Waals surface area contributed by atoms with Crippen LogP contribution in [0, 0.1) is 0 Å². The third-order valence-corrected chi connectivity index (χ3v) is 1.83. The van der Waals surface area contributed by atoms with Gasteiger partial charge in [-0.15, -0.1) is 0 Å². The van der Waals surface area contributed by atoms with Crippen LogP contribution in [-0.2, 0) is 4.74 Å². The van der Waals surface area contributed by atoms with E-state index in [4.69, 9.17) is 4.74 Å². The van der Waals surface area contributed by atoms with Crippen molar-refractivity contribution in [3.8, 4) is 0 Å². The monoisotopic (exact) mass is 204 g/mol. The average Bonchev–Trinajstić information content (AvgIpc) is 2.31. The molecule has 0 saturated heterocycles. The maximum absolute atomic E-state index is 4.83. The fourth-order valence-electron chi connectivity index (χ4n) is 1.13. The fraction of sp³-hybridized carbons (Fsp3) is 0.333. The minimum absolute atomic E-state index is 0.844. The Kier molecular flexibility index (Phi) is 5.33. The van der Waals surface area contributed by atoms with Gasteiger partial charge in [-0.25, -0.2) is 0 Å². The van der Waals surface area contributed by atoms with E-state index in [0.717, 1.165) is 24.1 Å². The topological polar surface area (TPSA) is 35.0 Å². The van der Waals surface area contributed by atoms with Crippen molar-refractivity contribution in [2.75, 3.05) is 13.2 Å². The van der Waals surface area contributed by atoms with Gasteiger partial charge in [-0.2, -0.15) is 10.2 Å². The zero-order chi connectivity index (χ0) is 10.9. The summed E-state index contributed by atoms with van der Waals surface area (Å²) in [6.45, 7) is 5.67. The number of hydrogen-bond acceptors (Lipinski definition) is 3. The van der Waals surface area contributed by atoms with Gasteiger partial charge < -0.3 is 4.74 Å². The van der Waals surface area contributed by atoms with Crippen molar-refractivity contribution in [2.45, 2.75) is 13.8 Å². The number of fused-ring (bicyclic) bond motifs is 1.